The lowest BCUT2D eigenvalue weighted by Crippen LogP contribution is -2.34. The van der Waals surface area contributed by atoms with Crippen LogP contribution < -0.4 is 15.4 Å². The Labute approximate surface area is 185 Å². The average molecular weight is 490 g/mol. The molecule has 0 radical (unpaired) electrons. The topological polar surface area (TPSA) is 80.3 Å². The first-order valence-corrected chi connectivity index (χ1v) is 10.0. The van der Waals surface area contributed by atoms with Crippen LogP contribution in [0.1, 0.15) is 26.3 Å². The molecule has 1 aromatic heterocycles. The van der Waals surface area contributed by atoms with Gasteiger partial charge in [-0.3, -0.25) is 9.59 Å². The van der Waals surface area contributed by atoms with Crippen molar-refractivity contribution >= 4 is 27.7 Å². The molecule has 9 heteroatoms. The molecule has 2 amide bonds. The van der Waals surface area contributed by atoms with Gasteiger partial charge < -0.3 is 15.4 Å². The van der Waals surface area contributed by atoms with Crippen molar-refractivity contribution in [3.05, 3.63) is 87.5 Å². The Kier molecular flexibility index (Phi) is 7.30. The van der Waals surface area contributed by atoms with E-state index in [1.54, 1.807) is 13.0 Å². The summed E-state index contributed by atoms with van der Waals surface area (Å²) in [5.41, 5.74) is 0.818. The molecule has 31 heavy (non-hydrogen) atoms. The van der Waals surface area contributed by atoms with Crippen LogP contribution in [-0.4, -0.2) is 29.9 Å². The molecule has 0 aliphatic heterocycles. The van der Waals surface area contributed by atoms with Gasteiger partial charge in [-0.05, 0) is 70.9 Å². The third-order valence-corrected chi connectivity index (χ3v) is 4.87. The summed E-state index contributed by atoms with van der Waals surface area (Å²) in [6, 6.07) is 11.2. The first kappa shape index (κ1) is 22.4. The molecule has 3 rings (SSSR count). The molecular formula is C22H18BrF2N3O3. The summed E-state index contributed by atoms with van der Waals surface area (Å²) in [6.45, 7) is 1.88. The molecule has 0 bridgehead atoms. The van der Waals surface area contributed by atoms with Gasteiger partial charge in [-0.2, -0.15) is 0 Å². The fraction of sp³-hybridized carbons (Fsp3) is 0.136. The second-order valence-electron chi connectivity index (χ2n) is 6.51. The van der Waals surface area contributed by atoms with Crippen LogP contribution in [0.5, 0.6) is 11.6 Å². The van der Waals surface area contributed by atoms with Crippen LogP contribution in [0.2, 0.25) is 0 Å². The maximum absolute atomic E-state index is 13.6. The first-order valence-electron chi connectivity index (χ1n) is 9.25. The van der Waals surface area contributed by atoms with Crippen LogP contribution in [0.25, 0.3) is 0 Å². The Hall–Kier alpha value is -3.33. The SMILES string of the molecule is Cc1ccc(C(=O)NCCNC(=O)c2cccnc2Oc2ccc(F)cc2Br)cc1F. The van der Waals surface area contributed by atoms with Crippen LogP contribution in [0.15, 0.2) is 59.2 Å². The number of aromatic nitrogens is 1. The van der Waals surface area contributed by atoms with Crippen molar-refractivity contribution in [2.45, 2.75) is 6.92 Å². The molecule has 0 aliphatic carbocycles. The molecule has 0 unspecified atom stereocenters. The fourth-order valence-corrected chi connectivity index (χ4v) is 3.02. The first-order chi connectivity index (χ1) is 14.8. The fourth-order valence-electron chi connectivity index (χ4n) is 2.59. The maximum Gasteiger partial charge on any atom is 0.256 e. The Morgan fingerprint density at radius 2 is 1.77 bits per heavy atom. The number of pyridine rings is 1. The Morgan fingerprint density at radius 1 is 1.03 bits per heavy atom. The molecule has 0 fully saturated rings. The number of aryl methyl sites for hydroxylation is 1. The Bertz CT molecular complexity index is 1120. The predicted molar refractivity (Wildman–Crippen MR) is 114 cm³/mol. The Morgan fingerprint density at radius 3 is 2.48 bits per heavy atom. The number of halogens is 3. The summed E-state index contributed by atoms with van der Waals surface area (Å²) in [4.78, 5) is 28.7. The van der Waals surface area contributed by atoms with Gasteiger partial charge in [0.1, 0.15) is 22.9 Å². The van der Waals surface area contributed by atoms with E-state index in [0.717, 1.165) is 6.07 Å². The molecule has 3 aromatic rings. The zero-order valence-electron chi connectivity index (χ0n) is 16.4. The number of hydrogen-bond acceptors (Lipinski definition) is 4. The van der Waals surface area contributed by atoms with Crippen molar-refractivity contribution in [1.82, 2.24) is 15.6 Å². The van der Waals surface area contributed by atoms with Gasteiger partial charge in [0.15, 0.2) is 0 Å². The van der Waals surface area contributed by atoms with E-state index in [4.69, 9.17) is 4.74 Å². The minimum atomic E-state index is -0.461. The van der Waals surface area contributed by atoms with Gasteiger partial charge >= 0.3 is 0 Å². The molecule has 6 nitrogen and oxygen atoms in total. The predicted octanol–water partition coefficient (Wildman–Crippen LogP) is 4.38. The van der Waals surface area contributed by atoms with Crippen molar-refractivity contribution < 1.29 is 23.1 Å². The average Bonchev–Trinajstić information content (AvgIpc) is 2.75. The molecule has 0 saturated heterocycles. The second-order valence-corrected chi connectivity index (χ2v) is 7.36. The van der Waals surface area contributed by atoms with Crippen molar-refractivity contribution in [1.29, 1.82) is 0 Å². The van der Waals surface area contributed by atoms with Crippen LogP contribution >= 0.6 is 15.9 Å². The largest absolute Gasteiger partial charge is 0.437 e. The number of rotatable bonds is 7. The lowest BCUT2D eigenvalue weighted by atomic mass is 10.1. The minimum absolute atomic E-state index is 0.0477. The van der Waals surface area contributed by atoms with Crippen molar-refractivity contribution in [3.8, 4) is 11.6 Å². The highest BCUT2D eigenvalue weighted by molar-refractivity contribution is 9.10. The molecule has 0 spiro atoms. The summed E-state index contributed by atoms with van der Waals surface area (Å²) < 4.78 is 32.9. The normalized spacial score (nSPS) is 10.5. The van der Waals surface area contributed by atoms with Crippen LogP contribution in [0.4, 0.5) is 8.78 Å². The lowest BCUT2D eigenvalue weighted by Gasteiger charge is -2.12. The molecule has 0 aliphatic rings. The third-order valence-electron chi connectivity index (χ3n) is 4.25. The van der Waals surface area contributed by atoms with Gasteiger partial charge in [0.25, 0.3) is 11.8 Å². The van der Waals surface area contributed by atoms with Crippen LogP contribution in [-0.2, 0) is 0 Å². The van der Waals surface area contributed by atoms with E-state index in [2.05, 4.69) is 31.5 Å². The van der Waals surface area contributed by atoms with E-state index < -0.39 is 23.4 Å². The number of hydrogen-bond donors (Lipinski definition) is 2. The van der Waals surface area contributed by atoms with Crippen LogP contribution in [0.3, 0.4) is 0 Å². The van der Waals surface area contributed by atoms with E-state index in [1.165, 1.54) is 42.6 Å². The number of carbonyl (C=O) groups excluding carboxylic acids is 2. The van der Waals surface area contributed by atoms with Gasteiger partial charge in [-0.25, -0.2) is 13.8 Å². The zero-order chi connectivity index (χ0) is 22.4. The highest BCUT2D eigenvalue weighted by Crippen LogP contribution is 2.30. The zero-order valence-corrected chi connectivity index (χ0v) is 18.0. The maximum atomic E-state index is 13.6. The monoisotopic (exact) mass is 489 g/mol. The number of amides is 2. The number of carbonyl (C=O) groups is 2. The smallest absolute Gasteiger partial charge is 0.256 e. The summed E-state index contributed by atoms with van der Waals surface area (Å²) in [7, 11) is 0. The summed E-state index contributed by atoms with van der Waals surface area (Å²) in [5.74, 6) is -1.46. The van der Waals surface area contributed by atoms with Crippen molar-refractivity contribution in [2.24, 2.45) is 0 Å². The molecular weight excluding hydrogens is 472 g/mol. The standard InChI is InChI=1S/C22H18BrF2N3O3/c1-13-4-5-14(11-18(13)25)20(29)26-9-10-27-21(30)16-3-2-8-28-22(16)31-19-7-6-15(24)12-17(19)23/h2-8,11-12H,9-10H2,1H3,(H,26,29)(H,27,30). The summed E-state index contributed by atoms with van der Waals surface area (Å²) in [5, 5.41) is 5.27. The number of benzene rings is 2. The van der Waals surface area contributed by atoms with Crippen molar-refractivity contribution in [2.75, 3.05) is 13.1 Å². The van der Waals surface area contributed by atoms with E-state index in [1.807, 2.05) is 0 Å². The van der Waals surface area contributed by atoms with Crippen LogP contribution in [0, 0.1) is 18.6 Å². The minimum Gasteiger partial charge on any atom is -0.437 e. The van der Waals surface area contributed by atoms with Gasteiger partial charge in [0, 0.05) is 24.8 Å². The second kappa shape index (κ2) is 10.1. The van der Waals surface area contributed by atoms with E-state index in [0.29, 0.717) is 15.8 Å². The number of nitrogens with zero attached hydrogens (tertiary/aromatic N) is 1. The third kappa shape index (κ3) is 5.85. The molecule has 0 atom stereocenters. The quantitative estimate of drug-likeness (QED) is 0.482. The lowest BCUT2D eigenvalue weighted by molar-refractivity contribution is 0.0926. The van der Waals surface area contributed by atoms with Gasteiger partial charge in [-0.15, -0.1) is 0 Å². The van der Waals surface area contributed by atoms with Gasteiger partial charge in [0.05, 0.1) is 4.47 Å². The molecule has 0 saturated carbocycles. The highest BCUT2D eigenvalue weighted by atomic mass is 79.9. The van der Waals surface area contributed by atoms with E-state index >= 15 is 0 Å². The summed E-state index contributed by atoms with van der Waals surface area (Å²) >= 11 is 3.20. The highest BCUT2D eigenvalue weighted by Gasteiger charge is 2.15. The summed E-state index contributed by atoms with van der Waals surface area (Å²) in [6.07, 6.45) is 1.46. The van der Waals surface area contributed by atoms with E-state index in [-0.39, 0.29) is 30.1 Å². The van der Waals surface area contributed by atoms with Gasteiger partial charge in [-0.1, -0.05) is 6.07 Å². The van der Waals surface area contributed by atoms with E-state index in [9.17, 15) is 18.4 Å². The molecule has 1 heterocycles. The number of ether oxygens (including phenoxy) is 1. The molecule has 2 aromatic carbocycles. The Balaban J connectivity index is 1.57. The molecule has 2 N–H and O–H groups in total. The van der Waals surface area contributed by atoms with Crippen molar-refractivity contribution in [3.63, 3.8) is 0 Å². The molecule has 160 valence electrons. The number of nitrogens with one attached hydrogen (secondary N) is 2. The van der Waals surface area contributed by atoms with Gasteiger partial charge in [0.2, 0.25) is 5.88 Å².